The maximum Gasteiger partial charge on any atom is 0.232 e. The van der Waals surface area contributed by atoms with Crippen molar-refractivity contribution in [2.24, 2.45) is 0 Å². The number of halogens is 1. The molecule has 1 N–H and O–H groups in total. The minimum atomic E-state index is -0.170. The molecule has 2 aromatic carbocycles. The summed E-state index contributed by atoms with van der Waals surface area (Å²) in [5.41, 5.74) is 2.79. The topological polar surface area (TPSA) is 67.8 Å². The number of benzene rings is 2. The van der Waals surface area contributed by atoms with Gasteiger partial charge in [-0.3, -0.25) is 4.79 Å². The lowest BCUT2D eigenvalue weighted by Gasteiger charge is -2.00. The molecule has 0 saturated carbocycles. The van der Waals surface area contributed by atoms with Gasteiger partial charge in [0.2, 0.25) is 11.0 Å². The molecule has 4 aromatic rings. The Morgan fingerprint density at radius 1 is 1.07 bits per heavy atom. The van der Waals surface area contributed by atoms with Gasteiger partial charge in [0, 0.05) is 16.7 Å². The van der Waals surface area contributed by atoms with Crippen LogP contribution in [0, 0.1) is 0 Å². The molecule has 0 saturated heterocycles. The third-order valence-electron chi connectivity index (χ3n) is 3.86. The first-order valence-corrected chi connectivity index (χ1v) is 11.7. The van der Waals surface area contributed by atoms with Crippen molar-refractivity contribution in [1.82, 2.24) is 15.2 Å². The number of nitrogens with one attached hydrogen (secondary N) is 1. The number of hydrogen-bond donors (Lipinski definition) is 1. The maximum atomic E-state index is 12.3. The zero-order valence-corrected chi connectivity index (χ0v) is 18.2. The summed E-state index contributed by atoms with van der Waals surface area (Å²) in [5, 5.41) is 14.8. The number of carbonyl (C=O) groups excluding carboxylic acids is 1. The second kappa shape index (κ2) is 9.49. The molecule has 9 heteroatoms. The average Bonchev–Trinajstić information content (AvgIpc) is 3.37. The van der Waals surface area contributed by atoms with E-state index in [-0.39, 0.29) is 12.3 Å². The van der Waals surface area contributed by atoms with E-state index in [1.807, 2.05) is 47.8 Å². The highest BCUT2D eigenvalue weighted by molar-refractivity contribution is 8.00. The van der Waals surface area contributed by atoms with Gasteiger partial charge in [-0.1, -0.05) is 83.2 Å². The molecule has 0 fully saturated rings. The van der Waals surface area contributed by atoms with Gasteiger partial charge in [-0.25, -0.2) is 4.98 Å². The molecule has 0 aliphatic carbocycles. The molecule has 5 nitrogen and oxygen atoms in total. The van der Waals surface area contributed by atoms with E-state index < -0.39 is 0 Å². The highest BCUT2D eigenvalue weighted by Crippen LogP contribution is 2.31. The summed E-state index contributed by atoms with van der Waals surface area (Å²) < 4.78 is 0.818. The first-order chi connectivity index (χ1) is 14.2. The number of anilines is 1. The van der Waals surface area contributed by atoms with Gasteiger partial charge in [0.15, 0.2) is 4.34 Å². The predicted octanol–water partition coefficient (Wildman–Crippen LogP) is 5.79. The zero-order valence-electron chi connectivity index (χ0n) is 15.0. The van der Waals surface area contributed by atoms with Crippen LogP contribution in [0.25, 0.3) is 10.6 Å². The number of thioether (sulfide) groups is 1. The van der Waals surface area contributed by atoms with E-state index in [9.17, 15) is 4.79 Å². The Kier molecular flexibility index (Phi) is 6.56. The summed E-state index contributed by atoms with van der Waals surface area (Å²) in [5.74, 6) is 0.643. The fourth-order valence-corrected chi connectivity index (χ4v) is 5.38. The standard InChI is InChI=1S/C20H15ClN4OS3/c21-16-9-5-4-8-15(16)18-22-14(12-27-18)10-17(26)23-19-24-25-20(29-19)28-11-13-6-2-1-3-7-13/h1-9,12H,10-11H2,(H,23,24,26). The minimum absolute atomic E-state index is 0.170. The Morgan fingerprint density at radius 3 is 2.69 bits per heavy atom. The number of rotatable bonds is 7. The summed E-state index contributed by atoms with van der Waals surface area (Å²) >= 11 is 10.7. The molecule has 1 amide bonds. The summed E-state index contributed by atoms with van der Waals surface area (Å²) in [6.07, 6.45) is 0.174. The Hall–Kier alpha value is -2.26. The zero-order chi connectivity index (χ0) is 20.1. The fraction of sp³-hybridized carbons (Fsp3) is 0.100. The smallest absolute Gasteiger partial charge is 0.232 e. The fourth-order valence-electron chi connectivity index (χ4n) is 2.51. The monoisotopic (exact) mass is 458 g/mol. The number of hydrogen-bond acceptors (Lipinski definition) is 7. The van der Waals surface area contributed by atoms with E-state index in [2.05, 4.69) is 32.6 Å². The highest BCUT2D eigenvalue weighted by atomic mass is 35.5. The van der Waals surface area contributed by atoms with Gasteiger partial charge >= 0.3 is 0 Å². The number of thiazole rings is 1. The second-order valence-electron chi connectivity index (χ2n) is 6.00. The molecule has 2 aromatic heterocycles. The van der Waals surface area contributed by atoms with Crippen LogP contribution < -0.4 is 5.32 Å². The van der Waals surface area contributed by atoms with Crippen LogP contribution in [0.5, 0.6) is 0 Å². The normalized spacial score (nSPS) is 10.8. The van der Waals surface area contributed by atoms with Crippen LogP contribution in [0.3, 0.4) is 0 Å². The van der Waals surface area contributed by atoms with Crippen molar-refractivity contribution in [3.63, 3.8) is 0 Å². The molecule has 0 aliphatic rings. The molecule has 146 valence electrons. The molecule has 0 aliphatic heterocycles. The van der Waals surface area contributed by atoms with Crippen molar-refractivity contribution < 1.29 is 4.79 Å². The quantitative estimate of drug-likeness (QED) is 0.280. The van der Waals surface area contributed by atoms with E-state index in [4.69, 9.17) is 11.6 Å². The number of aromatic nitrogens is 3. The molecule has 0 radical (unpaired) electrons. The van der Waals surface area contributed by atoms with E-state index in [1.54, 1.807) is 11.8 Å². The SMILES string of the molecule is O=C(Cc1csc(-c2ccccc2Cl)n1)Nc1nnc(SCc2ccccc2)s1. The van der Waals surface area contributed by atoms with Gasteiger partial charge < -0.3 is 5.32 Å². The van der Waals surface area contributed by atoms with Crippen molar-refractivity contribution in [3.05, 3.63) is 76.3 Å². The summed E-state index contributed by atoms with van der Waals surface area (Å²) in [6, 6.07) is 17.7. The molecular weight excluding hydrogens is 444 g/mol. The molecular formula is C20H15ClN4OS3. The van der Waals surface area contributed by atoms with Gasteiger partial charge in [0.25, 0.3) is 0 Å². The summed E-state index contributed by atoms with van der Waals surface area (Å²) in [6.45, 7) is 0. The Bertz CT molecular complexity index is 1110. The molecule has 0 spiro atoms. The first kappa shape index (κ1) is 20.0. The minimum Gasteiger partial charge on any atom is -0.300 e. The van der Waals surface area contributed by atoms with Crippen molar-refractivity contribution in [1.29, 1.82) is 0 Å². The van der Waals surface area contributed by atoms with Gasteiger partial charge in [-0.05, 0) is 11.6 Å². The third kappa shape index (κ3) is 5.42. The number of nitrogens with zero attached hydrogens (tertiary/aromatic N) is 3. The van der Waals surface area contributed by atoms with Crippen molar-refractivity contribution in [2.45, 2.75) is 16.5 Å². The number of carbonyl (C=O) groups is 1. The van der Waals surface area contributed by atoms with E-state index in [1.165, 1.54) is 28.2 Å². The van der Waals surface area contributed by atoms with Gasteiger partial charge in [0.05, 0.1) is 17.1 Å². The molecule has 0 bridgehead atoms. The van der Waals surface area contributed by atoms with Crippen molar-refractivity contribution in [3.8, 4) is 10.6 Å². The second-order valence-corrected chi connectivity index (χ2v) is 9.46. The molecule has 2 heterocycles. The van der Waals surface area contributed by atoms with E-state index in [0.29, 0.717) is 15.8 Å². The lowest BCUT2D eigenvalue weighted by molar-refractivity contribution is -0.115. The maximum absolute atomic E-state index is 12.3. The van der Waals surface area contributed by atoms with Crippen LogP contribution in [0.1, 0.15) is 11.3 Å². The predicted molar refractivity (Wildman–Crippen MR) is 121 cm³/mol. The summed E-state index contributed by atoms with van der Waals surface area (Å²) in [7, 11) is 0. The van der Waals surface area contributed by atoms with Crippen LogP contribution in [0.2, 0.25) is 5.02 Å². The molecule has 29 heavy (non-hydrogen) atoms. The molecule has 0 unspecified atom stereocenters. The van der Waals surface area contributed by atoms with Crippen molar-refractivity contribution >= 4 is 57.1 Å². The largest absolute Gasteiger partial charge is 0.300 e. The van der Waals surface area contributed by atoms with E-state index in [0.717, 1.165) is 20.7 Å². The Balaban J connectivity index is 1.32. The van der Waals surface area contributed by atoms with Crippen LogP contribution in [-0.2, 0) is 17.0 Å². The lowest BCUT2D eigenvalue weighted by Crippen LogP contribution is -2.14. The van der Waals surface area contributed by atoms with Crippen LogP contribution in [-0.4, -0.2) is 21.1 Å². The number of amides is 1. The average molecular weight is 459 g/mol. The molecule has 0 atom stereocenters. The van der Waals surface area contributed by atoms with Gasteiger partial charge in [-0.2, -0.15) is 0 Å². The van der Waals surface area contributed by atoms with Crippen molar-refractivity contribution in [2.75, 3.05) is 5.32 Å². The lowest BCUT2D eigenvalue weighted by atomic mass is 10.2. The Labute approximate surface area is 185 Å². The van der Waals surface area contributed by atoms with Gasteiger partial charge in [0.1, 0.15) is 5.01 Å². The van der Waals surface area contributed by atoms with E-state index >= 15 is 0 Å². The highest BCUT2D eigenvalue weighted by Gasteiger charge is 2.13. The Morgan fingerprint density at radius 2 is 1.86 bits per heavy atom. The van der Waals surface area contributed by atoms with Gasteiger partial charge in [-0.15, -0.1) is 21.5 Å². The third-order valence-corrected chi connectivity index (χ3v) is 7.15. The summed E-state index contributed by atoms with van der Waals surface area (Å²) in [4.78, 5) is 16.9. The van der Waals surface area contributed by atoms with Crippen LogP contribution >= 0.6 is 46.0 Å². The first-order valence-electron chi connectivity index (χ1n) is 8.67. The van der Waals surface area contributed by atoms with Crippen LogP contribution in [0.4, 0.5) is 5.13 Å². The van der Waals surface area contributed by atoms with Crippen LogP contribution in [0.15, 0.2) is 64.3 Å². The molecule has 4 rings (SSSR count).